The van der Waals surface area contributed by atoms with Crippen LogP contribution in [-0.2, 0) is 12.4 Å². The highest BCUT2D eigenvalue weighted by molar-refractivity contribution is 5.49. The van der Waals surface area contributed by atoms with Gasteiger partial charge in [0.2, 0.25) is 0 Å². The van der Waals surface area contributed by atoms with E-state index in [1.165, 1.54) is 12.1 Å². The normalized spacial score (nSPS) is 12.9. The highest BCUT2D eigenvalue weighted by Gasteiger charge is 2.42. The van der Waals surface area contributed by atoms with Gasteiger partial charge in [-0.15, -0.1) is 26.3 Å². The minimum atomic E-state index is -5.64. The molecule has 0 bridgehead atoms. The van der Waals surface area contributed by atoms with Crippen molar-refractivity contribution in [3.8, 4) is 23.6 Å². The molecule has 0 N–H and O–H groups in total. The lowest BCUT2D eigenvalue weighted by molar-refractivity contribution is -0.277. The fraction of sp³-hybridized carbons (Fsp3) is 0.300. The minimum Gasteiger partial charge on any atom is -0.405 e. The van der Waals surface area contributed by atoms with Gasteiger partial charge in [-0.1, -0.05) is 12.1 Å². The fourth-order valence-corrected chi connectivity index (χ4v) is 3.11. The zero-order chi connectivity index (χ0) is 27.7. The molecule has 0 aromatic heterocycles. The Bertz CT molecular complexity index is 1090. The topological polar surface area (TPSA) is 66.0 Å². The van der Waals surface area contributed by atoms with Gasteiger partial charge in [-0.25, -0.2) is 0 Å². The van der Waals surface area contributed by atoms with E-state index in [1.807, 2.05) is 0 Å². The molecule has 0 atom stereocenters. The molecule has 0 aliphatic rings. The zero-order valence-corrected chi connectivity index (χ0v) is 16.9. The molecule has 2 rings (SSSR count). The Morgan fingerprint density at radius 2 is 0.917 bits per heavy atom. The summed E-state index contributed by atoms with van der Waals surface area (Å²) in [6.45, 7) is 0. The van der Waals surface area contributed by atoms with Crippen molar-refractivity contribution in [1.29, 1.82) is 10.5 Å². The van der Waals surface area contributed by atoms with Crippen molar-refractivity contribution in [2.24, 2.45) is 5.92 Å². The highest BCUT2D eigenvalue weighted by Crippen LogP contribution is 2.45. The van der Waals surface area contributed by atoms with Crippen molar-refractivity contribution >= 4 is 0 Å². The van der Waals surface area contributed by atoms with Crippen LogP contribution in [0.4, 0.5) is 52.7 Å². The van der Waals surface area contributed by atoms with Crippen LogP contribution >= 0.6 is 0 Å². The van der Waals surface area contributed by atoms with Crippen molar-refractivity contribution in [1.82, 2.24) is 0 Å². The monoisotopic (exact) mass is 536 g/mol. The van der Waals surface area contributed by atoms with Gasteiger partial charge in [0, 0.05) is 5.92 Å². The molecule has 0 aliphatic carbocycles. The van der Waals surface area contributed by atoms with Crippen LogP contribution in [0.15, 0.2) is 36.4 Å². The van der Waals surface area contributed by atoms with Crippen LogP contribution in [0.2, 0.25) is 0 Å². The molecule has 0 saturated carbocycles. The average molecular weight is 536 g/mol. The number of alkyl halides is 12. The molecule has 2 aromatic rings. The summed E-state index contributed by atoms with van der Waals surface area (Å²) in [5.74, 6) is -7.57. The van der Waals surface area contributed by atoms with Crippen molar-refractivity contribution < 1.29 is 62.2 Å². The number of halogens is 12. The van der Waals surface area contributed by atoms with E-state index in [4.69, 9.17) is 0 Å². The van der Waals surface area contributed by atoms with Crippen LogP contribution in [0.3, 0.4) is 0 Å². The Morgan fingerprint density at radius 3 is 1.17 bits per heavy atom. The van der Waals surface area contributed by atoms with E-state index in [2.05, 4.69) is 9.47 Å². The number of nitrogens with zero attached hydrogens (tertiary/aromatic N) is 2. The van der Waals surface area contributed by atoms with Gasteiger partial charge in [-0.2, -0.15) is 36.9 Å². The minimum absolute atomic E-state index is 0.0897. The molecule has 2 aromatic carbocycles. The Labute approximate surface area is 192 Å². The quantitative estimate of drug-likeness (QED) is 0.376. The van der Waals surface area contributed by atoms with Gasteiger partial charge in [-0.05, 0) is 35.4 Å². The maximum absolute atomic E-state index is 13.2. The van der Waals surface area contributed by atoms with Crippen molar-refractivity contribution in [2.75, 3.05) is 0 Å². The SMILES string of the molecule is N#CC(C#N)C(c1ccc(C(F)(F)F)c(OC(F)(F)F)c1)c1ccc(C(F)(F)F)c(OC(F)(F)F)c1. The van der Waals surface area contributed by atoms with Gasteiger partial charge in [0.05, 0.1) is 23.3 Å². The van der Waals surface area contributed by atoms with Crippen LogP contribution in [0, 0.1) is 28.6 Å². The predicted octanol–water partition coefficient (Wildman–Crippen LogP) is 7.32. The molecule has 0 spiro atoms. The molecule has 194 valence electrons. The summed E-state index contributed by atoms with van der Waals surface area (Å²) in [4.78, 5) is 0. The van der Waals surface area contributed by atoms with E-state index in [-0.39, 0.29) is 24.3 Å². The highest BCUT2D eigenvalue weighted by atomic mass is 19.4. The number of rotatable bonds is 5. The molecule has 0 fully saturated rings. The van der Waals surface area contributed by atoms with Crippen molar-refractivity contribution in [3.63, 3.8) is 0 Å². The van der Waals surface area contributed by atoms with Crippen molar-refractivity contribution in [3.05, 3.63) is 58.7 Å². The second kappa shape index (κ2) is 9.67. The molecule has 0 amide bonds. The van der Waals surface area contributed by atoms with Crippen LogP contribution in [0.5, 0.6) is 11.5 Å². The lowest BCUT2D eigenvalue weighted by atomic mass is 9.81. The first-order chi connectivity index (χ1) is 16.3. The molecule has 36 heavy (non-hydrogen) atoms. The van der Waals surface area contributed by atoms with E-state index in [1.54, 1.807) is 0 Å². The summed E-state index contributed by atoms with van der Waals surface area (Å²) in [6.07, 6.45) is -22.0. The molecule has 0 radical (unpaired) electrons. The van der Waals surface area contributed by atoms with Crippen LogP contribution in [0.25, 0.3) is 0 Å². The van der Waals surface area contributed by atoms with E-state index in [0.29, 0.717) is 12.1 Å². The lowest BCUT2D eigenvalue weighted by Crippen LogP contribution is -2.22. The Hall–Kier alpha value is -3.82. The molecule has 4 nitrogen and oxygen atoms in total. The van der Waals surface area contributed by atoms with Crippen LogP contribution in [-0.4, -0.2) is 12.7 Å². The van der Waals surface area contributed by atoms with Crippen LogP contribution < -0.4 is 9.47 Å². The first-order valence-corrected chi connectivity index (χ1v) is 9.00. The van der Waals surface area contributed by atoms with Crippen molar-refractivity contribution in [2.45, 2.75) is 31.0 Å². The maximum atomic E-state index is 13.2. The van der Waals surface area contributed by atoms with E-state index in [0.717, 1.165) is 0 Å². The van der Waals surface area contributed by atoms with Gasteiger partial charge in [-0.3, -0.25) is 0 Å². The molecule has 0 unspecified atom stereocenters. The summed E-state index contributed by atoms with van der Waals surface area (Å²) < 4.78 is 162. The first kappa shape index (κ1) is 28.4. The van der Waals surface area contributed by atoms with Gasteiger partial charge >= 0.3 is 25.1 Å². The summed E-state index contributed by atoms with van der Waals surface area (Å²) in [5.41, 5.74) is -5.23. The van der Waals surface area contributed by atoms with Gasteiger partial charge < -0.3 is 9.47 Å². The molecule has 0 heterocycles. The van der Waals surface area contributed by atoms with E-state index >= 15 is 0 Å². The number of benzene rings is 2. The summed E-state index contributed by atoms with van der Waals surface area (Å²) in [6, 6.07) is 4.12. The van der Waals surface area contributed by atoms with Gasteiger partial charge in [0.1, 0.15) is 17.4 Å². The molecular formula is C20H8F12N2O2. The summed E-state index contributed by atoms with van der Waals surface area (Å²) in [5, 5.41) is 18.5. The predicted molar refractivity (Wildman–Crippen MR) is 92.8 cm³/mol. The van der Waals surface area contributed by atoms with E-state index in [9.17, 15) is 63.2 Å². The van der Waals surface area contributed by atoms with Gasteiger partial charge in [0.15, 0.2) is 0 Å². The fourth-order valence-electron chi connectivity index (χ4n) is 3.11. The molecule has 0 saturated heterocycles. The average Bonchev–Trinajstić information content (AvgIpc) is 2.67. The third-order valence-corrected chi connectivity index (χ3v) is 4.40. The first-order valence-electron chi connectivity index (χ1n) is 9.00. The standard InChI is InChI=1S/C20H8F12N2O2/c21-17(22,23)12-3-1-9(5-14(12)35-19(27,28)29)16(11(7-33)8-34)10-2-4-13(18(24,25)26)15(6-10)36-20(30,31)32/h1-6,11,16H. The molecular weight excluding hydrogens is 528 g/mol. The van der Waals surface area contributed by atoms with E-state index < -0.39 is 70.7 Å². The molecule has 0 aliphatic heterocycles. The molecule has 16 heteroatoms. The number of ether oxygens (including phenoxy) is 2. The van der Waals surface area contributed by atoms with Crippen LogP contribution in [0.1, 0.15) is 28.2 Å². The smallest absolute Gasteiger partial charge is 0.405 e. The zero-order valence-electron chi connectivity index (χ0n) is 16.9. The number of hydrogen-bond acceptors (Lipinski definition) is 4. The summed E-state index contributed by atoms with van der Waals surface area (Å²) >= 11 is 0. The third-order valence-electron chi connectivity index (χ3n) is 4.40. The summed E-state index contributed by atoms with van der Waals surface area (Å²) in [7, 11) is 0. The Morgan fingerprint density at radius 1 is 0.583 bits per heavy atom. The Kier molecular flexibility index (Phi) is 7.64. The third kappa shape index (κ3) is 7.10. The second-order valence-electron chi connectivity index (χ2n) is 6.82. The lowest BCUT2D eigenvalue weighted by Gasteiger charge is -2.23. The second-order valence-corrected chi connectivity index (χ2v) is 6.82. The van der Waals surface area contributed by atoms with Gasteiger partial charge in [0.25, 0.3) is 0 Å². The number of nitriles is 2. The Balaban J connectivity index is 2.81. The number of hydrogen-bond donors (Lipinski definition) is 0. The maximum Gasteiger partial charge on any atom is 0.573 e. The largest absolute Gasteiger partial charge is 0.573 e.